The van der Waals surface area contributed by atoms with Gasteiger partial charge in [0.1, 0.15) is 16.5 Å². The van der Waals surface area contributed by atoms with Gasteiger partial charge in [0.05, 0.1) is 26.4 Å². The van der Waals surface area contributed by atoms with Gasteiger partial charge < -0.3 is 24.3 Å². The lowest BCUT2D eigenvalue weighted by Crippen LogP contribution is -2.28. The van der Waals surface area contributed by atoms with Crippen molar-refractivity contribution in [1.82, 2.24) is 5.32 Å². The minimum atomic E-state index is -0.321. The van der Waals surface area contributed by atoms with Gasteiger partial charge in [0.15, 0.2) is 18.1 Å². The second kappa shape index (κ2) is 9.40. The molecular formula is C18H19Cl2NO5. The fourth-order valence-corrected chi connectivity index (χ4v) is 2.56. The van der Waals surface area contributed by atoms with Gasteiger partial charge in [0.2, 0.25) is 0 Å². The Morgan fingerprint density at radius 1 is 0.962 bits per heavy atom. The molecule has 0 spiro atoms. The predicted octanol–water partition coefficient (Wildman–Crippen LogP) is 3.71. The molecule has 6 nitrogen and oxygen atoms in total. The van der Waals surface area contributed by atoms with Gasteiger partial charge >= 0.3 is 0 Å². The van der Waals surface area contributed by atoms with Crippen molar-refractivity contribution < 1.29 is 23.7 Å². The van der Waals surface area contributed by atoms with Crippen LogP contribution < -0.4 is 24.3 Å². The molecular weight excluding hydrogens is 381 g/mol. The number of benzene rings is 2. The molecule has 0 saturated heterocycles. The van der Waals surface area contributed by atoms with Crippen LogP contribution in [0.5, 0.6) is 23.0 Å². The Balaban J connectivity index is 1.99. The number of nitrogens with one attached hydrogen (secondary N) is 1. The molecule has 8 heteroatoms. The first kappa shape index (κ1) is 20.0. The number of carbonyl (C=O) groups excluding carboxylic acids is 1. The normalized spacial score (nSPS) is 10.2. The Labute approximate surface area is 161 Å². The minimum absolute atomic E-state index is 0.199. The first-order valence-corrected chi connectivity index (χ1v) is 8.38. The molecule has 140 valence electrons. The molecule has 0 saturated carbocycles. The summed E-state index contributed by atoms with van der Waals surface area (Å²) in [6, 6.07) is 8.41. The third-order valence-corrected chi connectivity index (χ3v) is 4.34. The lowest BCUT2D eigenvalue weighted by Gasteiger charge is -2.15. The van der Waals surface area contributed by atoms with E-state index in [9.17, 15) is 4.79 Å². The molecule has 1 amide bonds. The van der Waals surface area contributed by atoms with Crippen molar-refractivity contribution in [3.05, 3.63) is 45.9 Å². The zero-order valence-corrected chi connectivity index (χ0v) is 16.1. The summed E-state index contributed by atoms with van der Waals surface area (Å²) in [7, 11) is 4.61. The van der Waals surface area contributed by atoms with Crippen molar-refractivity contribution in [2.24, 2.45) is 0 Å². The van der Waals surface area contributed by atoms with E-state index in [0.717, 1.165) is 5.56 Å². The van der Waals surface area contributed by atoms with Crippen LogP contribution >= 0.6 is 23.2 Å². The summed E-state index contributed by atoms with van der Waals surface area (Å²) in [5.41, 5.74) is 0.735. The molecule has 26 heavy (non-hydrogen) atoms. The largest absolute Gasteiger partial charge is 0.496 e. The monoisotopic (exact) mass is 399 g/mol. The number of hydrogen-bond acceptors (Lipinski definition) is 5. The first-order valence-electron chi connectivity index (χ1n) is 7.62. The van der Waals surface area contributed by atoms with Gasteiger partial charge in [-0.2, -0.15) is 0 Å². The molecule has 0 radical (unpaired) electrons. The van der Waals surface area contributed by atoms with Crippen LogP contribution in [0.25, 0.3) is 0 Å². The first-order chi connectivity index (χ1) is 12.5. The fraction of sp³-hybridized carbons (Fsp3) is 0.278. The topological polar surface area (TPSA) is 66.0 Å². The van der Waals surface area contributed by atoms with E-state index >= 15 is 0 Å². The van der Waals surface area contributed by atoms with Crippen molar-refractivity contribution >= 4 is 29.1 Å². The molecule has 0 atom stereocenters. The molecule has 0 unspecified atom stereocenters. The molecule has 0 heterocycles. The summed E-state index contributed by atoms with van der Waals surface area (Å²) in [5, 5.41) is 3.38. The van der Waals surface area contributed by atoms with Crippen molar-refractivity contribution in [1.29, 1.82) is 0 Å². The van der Waals surface area contributed by atoms with Crippen molar-refractivity contribution in [2.45, 2.75) is 6.54 Å². The zero-order valence-electron chi connectivity index (χ0n) is 14.6. The molecule has 0 aliphatic rings. The Morgan fingerprint density at radius 3 is 2.27 bits per heavy atom. The Kier molecular flexibility index (Phi) is 7.24. The standard InChI is InChI=1S/C18H19Cl2NO5/c1-23-14-8-16(25-3)15(24-2)7-11(14)9-21-17(22)10-26-13-6-4-5-12(19)18(13)20/h4-8H,9-10H2,1-3H3,(H,21,22). The maximum atomic E-state index is 12.1. The average molecular weight is 400 g/mol. The molecule has 0 aromatic heterocycles. The van der Waals surface area contributed by atoms with Crippen LogP contribution in [0.4, 0.5) is 0 Å². The summed E-state index contributed by atoms with van der Waals surface area (Å²) >= 11 is 11.9. The van der Waals surface area contributed by atoms with Crippen LogP contribution in [0.1, 0.15) is 5.56 Å². The summed E-state index contributed by atoms with van der Waals surface area (Å²) in [4.78, 5) is 12.1. The molecule has 2 rings (SSSR count). The number of carbonyl (C=O) groups is 1. The van der Waals surface area contributed by atoms with Gasteiger partial charge in [-0.05, 0) is 18.2 Å². The van der Waals surface area contributed by atoms with Gasteiger partial charge in [0.25, 0.3) is 5.91 Å². The number of hydrogen-bond donors (Lipinski definition) is 1. The van der Waals surface area contributed by atoms with Gasteiger partial charge in [0, 0.05) is 18.2 Å². The predicted molar refractivity (Wildman–Crippen MR) is 99.9 cm³/mol. The van der Waals surface area contributed by atoms with E-state index in [-0.39, 0.29) is 24.1 Å². The second-order valence-electron chi connectivity index (χ2n) is 5.14. The Morgan fingerprint density at radius 2 is 1.62 bits per heavy atom. The molecule has 0 aliphatic heterocycles. The van der Waals surface area contributed by atoms with E-state index in [4.69, 9.17) is 42.1 Å². The van der Waals surface area contributed by atoms with Crippen LogP contribution in [0.2, 0.25) is 10.0 Å². The second-order valence-corrected chi connectivity index (χ2v) is 5.92. The van der Waals surface area contributed by atoms with Crippen molar-refractivity contribution in [2.75, 3.05) is 27.9 Å². The van der Waals surface area contributed by atoms with E-state index in [1.807, 2.05) is 0 Å². The number of methoxy groups -OCH3 is 3. The van der Waals surface area contributed by atoms with Gasteiger partial charge in [-0.1, -0.05) is 29.3 Å². The summed E-state index contributed by atoms with van der Waals surface area (Å²) in [6.45, 7) is 0.0324. The van der Waals surface area contributed by atoms with E-state index < -0.39 is 0 Å². The molecule has 1 N–H and O–H groups in total. The maximum Gasteiger partial charge on any atom is 0.258 e. The summed E-state index contributed by atoms with van der Waals surface area (Å²) < 4.78 is 21.2. The third-order valence-electron chi connectivity index (χ3n) is 3.54. The summed E-state index contributed by atoms with van der Waals surface area (Å²) in [5.74, 6) is 1.68. The zero-order chi connectivity index (χ0) is 19.1. The number of ether oxygens (including phenoxy) is 4. The molecule has 2 aromatic rings. The lowest BCUT2D eigenvalue weighted by atomic mass is 10.1. The highest BCUT2D eigenvalue weighted by Gasteiger charge is 2.13. The van der Waals surface area contributed by atoms with Gasteiger partial charge in [-0.25, -0.2) is 0 Å². The third kappa shape index (κ3) is 4.86. The highest BCUT2D eigenvalue weighted by Crippen LogP contribution is 2.34. The summed E-state index contributed by atoms with van der Waals surface area (Å²) in [6.07, 6.45) is 0. The molecule has 0 bridgehead atoms. The molecule has 0 fully saturated rings. The SMILES string of the molecule is COc1cc(OC)c(OC)cc1CNC(=O)COc1cccc(Cl)c1Cl. The van der Waals surface area contributed by atoms with E-state index in [1.54, 1.807) is 30.3 Å². The Bertz CT molecular complexity index is 782. The lowest BCUT2D eigenvalue weighted by molar-refractivity contribution is -0.123. The smallest absolute Gasteiger partial charge is 0.258 e. The van der Waals surface area contributed by atoms with Gasteiger partial charge in [-0.3, -0.25) is 4.79 Å². The number of rotatable bonds is 8. The van der Waals surface area contributed by atoms with E-state index in [0.29, 0.717) is 28.0 Å². The van der Waals surface area contributed by atoms with E-state index in [2.05, 4.69) is 5.32 Å². The van der Waals surface area contributed by atoms with Crippen LogP contribution in [-0.4, -0.2) is 33.8 Å². The van der Waals surface area contributed by atoms with Crippen LogP contribution in [0.3, 0.4) is 0 Å². The van der Waals surface area contributed by atoms with Crippen molar-refractivity contribution in [3.63, 3.8) is 0 Å². The molecule has 0 aliphatic carbocycles. The van der Waals surface area contributed by atoms with E-state index in [1.165, 1.54) is 21.3 Å². The quantitative estimate of drug-likeness (QED) is 0.732. The molecule has 2 aromatic carbocycles. The highest BCUT2D eigenvalue weighted by molar-refractivity contribution is 6.42. The average Bonchev–Trinajstić information content (AvgIpc) is 2.66. The fourth-order valence-electron chi connectivity index (χ4n) is 2.21. The number of amides is 1. The van der Waals surface area contributed by atoms with Crippen LogP contribution in [-0.2, 0) is 11.3 Å². The number of halogens is 2. The van der Waals surface area contributed by atoms with Crippen LogP contribution in [0, 0.1) is 0 Å². The minimum Gasteiger partial charge on any atom is -0.496 e. The highest BCUT2D eigenvalue weighted by atomic mass is 35.5. The maximum absolute atomic E-state index is 12.1. The van der Waals surface area contributed by atoms with Crippen LogP contribution in [0.15, 0.2) is 30.3 Å². The van der Waals surface area contributed by atoms with Gasteiger partial charge in [-0.15, -0.1) is 0 Å². The van der Waals surface area contributed by atoms with Crippen molar-refractivity contribution in [3.8, 4) is 23.0 Å². The Hall–Kier alpha value is -2.31.